The van der Waals surface area contributed by atoms with Gasteiger partial charge in [0.05, 0.1) is 30.8 Å². The fourth-order valence-corrected chi connectivity index (χ4v) is 1.82. The lowest BCUT2D eigenvalue weighted by molar-refractivity contribution is -0.121. The van der Waals surface area contributed by atoms with Gasteiger partial charge in [0.2, 0.25) is 5.91 Å². The van der Waals surface area contributed by atoms with Gasteiger partial charge in [-0.1, -0.05) is 0 Å². The lowest BCUT2D eigenvalue weighted by Gasteiger charge is -2.14. The third-order valence-corrected chi connectivity index (χ3v) is 2.66. The average Bonchev–Trinajstić information content (AvgIpc) is 2.63. The topological polar surface area (TPSA) is 73.2 Å². The number of nitrogens with one attached hydrogen (secondary N) is 1. The quantitative estimate of drug-likeness (QED) is 0.626. The van der Waals surface area contributed by atoms with E-state index >= 15 is 0 Å². The zero-order chi connectivity index (χ0) is 13.1. The molecule has 1 aliphatic rings. The number of nitriles is 1. The molecule has 1 atom stereocenters. The van der Waals surface area contributed by atoms with Crippen LogP contribution in [0.25, 0.3) is 0 Å². The van der Waals surface area contributed by atoms with Crippen LogP contribution in [0.1, 0.15) is 6.42 Å². The number of imide groups is 1. The van der Waals surface area contributed by atoms with Crippen molar-refractivity contribution < 1.29 is 14.0 Å². The minimum Gasteiger partial charge on any atom is -0.293 e. The monoisotopic (exact) mass is 247 g/mol. The van der Waals surface area contributed by atoms with E-state index in [0.717, 1.165) is 4.90 Å². The Kier molecular flexibility index (Phi) is 3.35. The van der Waals surface area contributed by atoms with E-state index in [0.29, 0.717) is 5.69 Å². The number of hydrogen-bond acceptors (Lipinski definition) is 4. The van der Waals surface area contributed by atoms with Crippen LogP contribution in [0.5, 0.6) is 0 Å². The summed E-state index contributed by atoms with van der Waals surface area (Å²) in [6, 6.07) is 6.29. The van der Waals surface area contributed by atoms with Gasteiger partial charge in [-0.25, -0.2) is 9.29 Å². The first-order valence-electron chi connectivity index (χ1n) is 5.36. The molecule has 0 saturated carbocycles. The Morgan fingerprint density at radius 1 is 1.39 bits per heavy atom. The van der Waals surface area contributed by atoms with Crippen molar-refractivity contribution in [2.75, 3.05) is 11.4 Å². The molecule has 18 heavy (non-hydrogen) atoms. The van der Waals surface area contributed by atoms with Crippen molar-refractivity contribution in [2.24, 2.45) is 0 Å². The van der Waals surface area contributed by atoms with Crippen LogP contribution >= 0.6 is 0 Å². The molecule has 0 radical (unpaired) electrons. The lowest BCUT2D eigenvalue weighted by Crippen LogP contribution is -2.38. The largest absolute Gasteiger partial charge is 0.293 e. The summed E-state index contributed by atoms with van der Waals surface area (Å²) in [7, 11) is 0. The number of anilines is 1. The number of carbonyl (C=O) groups excluding carboxylic acids is 2. The Hall–Kier alpha value is -2.26. The first-order valence-corrected chi connectivity index (χ1v) is 5.36. The Bertz CT molecular complexity index is 521. The van der Waals surface area contributed by atoms with E-state index in [9.17, 15) is 14.0 Å². The predicted molar refractivity (Wildman–Crippen MR) is 60.9 cm³/mol. The molecule has 1 heterocycles. The van der Waals surface area contributed by atoms with Crippen LogP contribution in [0.15, 0.2) is 24.3 Å². The zero-order valence-electron chi connectivity index (χ0n) is 9.39. The molecule has 0 spiro atoms. The van der Waals surface area contributed by atoms with Gasteiger partial charge in [-0.05, 0) is 24.3 Å². The molecule has 1 aromatic rings. The second-order valence-electron chi connectivity index (χ2n) is 3.84. The molecule has 1 N–H and O–H groups in total. The maximum Gasteiger partial charge on any atom is 0.251 e. The summed E-state index contributed by atoms with van der Waals surface area (Å²) in [5.74, 6) is -1.21. The van der Waals surface area contributed by atoms with Gasteiger partial charge in [0, 0.05) is 0 Å². The maximum absolute atomic E-state index is 12.8. The maximum atomic E-state index is 12.8. The molecule has 5 nitrogen and oxygen atoms in total. The van der Waals surface area contributed by atoms with E-state index in [1.54, 1.807) is 0 Å². The normalized spacial score (nSPS) is 19.1. The van der Waals surface area contributed by atoms with Crippen LogP contribution < -0.4 is 10.2 Å². The van der Waals surface area contributed by atoms with E-state index < -0.39 is 17.8 Å². The second kappa shape index (κ2) is 4.94. The molecule has 92 valence electrons. The van der Waals surface area contributed by atoms with Gasteiger partial charge in [-0.2, -0.15) is 5.26 Å². The van der Waals surface area contributed by atoms with Crippen molar-refractivity contribution in [2.45, 2.75) is 12.5 Å². The number of carbonyl (C=O) groups is 2. The Morgan fingerprint density at radius 2 is 2.06 bits per heavy atom. The van der Waals surface area contributed by atoms with E-state index in [1.807, 2.05) is 6.07 Å². The first kappa shape index (κ1) is 12.2. The van der Waals surface area contributed by atoms with Crippen molar-refractivity contribution in [3.05, 3.63) is 30.1 Å². The third-order valence-electron chi connectivity index (χ3n) is 2.66. The predicted octanol–water partition coefficient (Wildman–Crippen LogP) is 0.571. The van der Waals surface area contributed by atoms with Gasteiger partial charge in [-0.3, -0.25) is 14.9 Å². The summed E-state index contributed by atoms with van der Waals surface area (Å²) in [6.45, 7) is 0.000937. The van der Waals surface area contributed by atoms with Crippen LogP contribution in [0.4, 0.5) is 10.1 Å². The van der Waals surface area contributed by atoms with E-state index in [2.05, 4.69) is 5.32 Å². The van der Waals surface area contributed by atoms with Gasteiger partial charge in [0.1, 0.15) is 5.82 Å². The smallest absolute Gasteiger partial charge is 0.251 e. The van der Waals surface area contributed by atoms with Crippen molar-refractivity contribution in [3.63, 3.8) is 0 Å². The van der Waals surface area contributed by atoms with Crippen molar-refractivity contribution in [3.8, 4) is 6.07 Å². The fraction of sp³-hybridized carbons (Fsp3) is 0.250. The molecule has 0 unspecified atom stereocenters. The lowest BCUT2D eigenvalue weighted by atomic mass is 10.2. The average molecular weight is 247 g/mol. The van der Waals surface area contributed by atoms with E-state index in [1.165, 1.54) is 24.3 Å². The van der Waals surface area contributed by atoms with Crippen LogP contribution in [-0.2, 0) is 9.59 Å². The highest BCUT2D eigenvalue weighted by Gasteiger charge is 2.39. The number of rotatable bonds is 3. The van der Waals surface area contributed by atoms with Crippen molar-refractivity contribution >= 4 is 17.5 Å². The summed E-state index contributed by atoms with van der Waals surface area (Å²) in [4.78, 5) is 24.7. The fourth-order valence-electron chi connectivity index (χ4n) is 1.82. The highest BCUT2D eigenvalue weighted by atomic mass is 19.1. The van der Waals surface area contributed by atoms with Crippen molar-refractivity contribution in [1.29, 1.82) is 5.26 Å². The Morgan fingerprint density at radius 3 is 2.67 bits per heavy atom. The molecule has 0 bridgehead atoms. The molecule has 1 aromatic carbocycles. The number of benzene rings is 1. The number of hydrogen-bond donors (Lipinski definition) is 1. The summed E-state index contributed by atoms with van der Waals surface area (Å²) in [5.41, 5.74) is 0.340. The minimum absolute atomic E-state index is 0.000937. The minimum atomic E-state index is -0.679. The second-order valence-corrected chi connectivity index (χ2v) is 3.84. The van der Waals surface area contributed by atoms with Gasteiger partial charge >= 0.3 is 0 Å². The molecular weight excluding hydrogens is 237 g/mol. The molecule has 1 fully saturated rings. The van der Waals surface area contributed by atoms with Gasteiger partial charge in [-0.15, -0.1) is 0 Å². The van der Waals surface area contributed by atoms with Gasteiger partial charge < -0.3 is 0 Å². The SMILES string of the molecule is N#CCN[C@@H]1CC(=O)N(c2ccc(F)cc2)C1=O. The van der Waals surface area contributed by atoms with Gasteiger partial charge in [0.15, 0.2) is 0 Å². The zero-order valence-corrected chi connectivity index (χ0v) is 9.39. The number of halogens is 1. The Balaban J connectivity index is 2.19. The summed E-state index contributed by atoms with van der Waals surface area (Å²) >= 11 is 0. The summed E-state index contributed by atoms with van der Waals surface area (Å²) < 4.78 is 12.8. The molecular formula is C12H10FN3O2. The number of amides is 2. The number of nitrogens with zero attached hydrogens (tertiary/aromatic N) is 2. The Labute approximate surface area is 103 Å². The molecule has 2 amide bonds. The molecule has 2 rings (SSSR count). The van der Waals surface area contributed by atoms with E-state index in [-0.39, 0.29) is 18.9 Å². The van der Waals surface area contributed by atoms with Crippen LogP contribution in [0, 0.1) is 17.1 Å². The summed E-state index contributed by atoms with van der Waals surface area (Å²) in [6.07, 6.45) is 0.0118. The van der Waals surface area contributed by atoms with Crippen LogP contribution in [0.2, 0.25) is 0 Å². The standard InChI is InChI=1S/C12H10FN3O2/c13-8-1-3-9(4-2-8)16-11(17)7-10(12(16)18)15-6-5-14/h1-4,10,15H,6-7H2/t10-/m1/s1. The molecule has 1 saturated heterocycles. The molecule has 0 aromatic heterocycles. The van der Waals surface area contributed by atoms with Crippen molar-refractivity contribution in [1.82, 2.24) is 5.32 Å². The third kappa shape index (κ3) is 2.21. The highest BCUT2D eigenvalue weighted by Crippen LogP contribution is 2.22. The van der Waals surface area contributed by atoms with Crippen LogP contribution in [0.3, 0.4) is 0 Å². The molecule has 1 aliphatic heterocycles. The van der Waals surface area contributed by atoms with Crippen LogP contribution in [-0.4, -0.2) is 24.4 Å². The first-order chi connectivity index (χ1) is 8.63. The highest BCUT2D eigenvalue weighted by molar-refractivity contribution is 6.22. The van der Waals surface area contributed by atoms with E-state index in [4.69, 9.17) is 5.26 Å². The van der Waals surface area contributed by atoms with Gasteiger partial charge in [0.25, 0.3) is 5.91 Å². The summed E-state index contributed by atoms with van der Waals surface area (Å²) in [5, 5.41) is 11.1. The molecule has 6 heteroatoms. The molecule has 0 aliphatic carbocycles.